The summed E-state index contributed by atoms with van der Waals surface area (Å²) in [7, 11) is 1.45. The Balaban J connectivity index is 1.88. The van der Waals surface area contributed by atoms with E-state index in [2.05, 4.69) is 14.9 Å². The van der Waals surface area contributed by atoms with Crippen LogP contribution in [0.15, 0.2) is 0 Å². The van der Waals surface area contributed by atoms with Crippen LogP contribution in [0.25, 0.3) is 0 Å². The molecule has 1 unspecified atom stereocenters. The maximum absolute atomic E-state index is 11.8. The summed E-state index contributed by atoms with van der Waals surface area (Å²) < 4.78 is 7.05. The first-order valence-electron chi connectivity index (χ1n) is 7.24. The summed E-state index contributed by atoms with van der Waals surface area (Å²) in [5.74, 6) is 1.30. The van der Waals surface area contributed by atoms with E-state index in [4.69, 9.17) is 16.3 Å². The van der Waals surface area contributed by atoms with Crippen LogP contribution in [0.2, 0.25) is 5.15 Å². The average Bonchev–Trinajstić information content (AvgIpc) is 2.84. The molecule has 5 nitrogen and oxygen atoms in total. The van der Waals surface area contributed by atoms with Gasteiger partial charge in [0.25, 0.3) is 0 Å². The lowest BCUT2D eigenvalue weighted by Gasteiger charge is -2.27. The molecule has 1 aromatic heterocycles. The van der Waals surface area contributed by atoms with Gasteiger partial charge in [0.05, 0.1) is 18.7 Å². The van der Waals surface area contributed by atoms with Gasteiger partial charge in [-0.05, 0) is 38.8 Å². The average molecular weight is 298 g/mol. The van der Waals surface area contributed by atoms with Gasteiger partial charge in [0.2, 0.25) is 0 Å². The van der Waals surface area contributed by atoms with Crippen molar-refractivity contribution in [2.24, 2.45) is 5.92 Å². The van der Waals surface area contributed by atoms with Crippen LogP contribution in [0, 0.1) is 5.92 Å². The second-order valence-electron chi connectivity index (χ2n) is 5.60. The van der Waals surface area contributed by atoms with Crippen molar-refractivity contribution in [2.75, 3.05) is 20.2 Å². The lowest BCUT2D eigenvalue weighted by molar-refractivity contribution is -0.146. The predicted molar refractivity (Wildman–Crippen MR) is 75.9 cm³/mol. The second kappa shape index (κ2) is 5.74. The van der Waals surface area contributed by atoms with Gasteiger partial charge in [-0.1, -0.05) is 11.6 Å². The van der Waals surface area contributed by atoms with Crippen molar-refractivity contribution in [3.63, 3.8) is 0 Å². The fourth-order valence-electron chi connectivity index (χ4n) is 3.29. The number of imidazole rings is 1. The van der Waals surface area contributed by atoms with Crippen LogP contribution in [0.4, 0.5) is 0 Å². The number of carbonyl (C=O) groups is 1. The Morgan fingerprint density at radius 3 is 2.85 bits per heavy atom. The zero-order valence-corrected chi connectivity index (χ0v) is 12.4. The first-order chi connectivity index (χ1) is 9.70. The summed E-state index contributed by atoms with van der Waals surface area (Å²) in [4.78, 5) is 16.4. The number of hydrogen-bond donors (Lipinski definition) is 1. The number of aromatic nitrogens is 2. The molecule has 0 bridgehead atoms. The molecule has 0 amide bonds. The third-order valence-electron chi connectivity index (χ3n) is 4.42. The molecule has 1 aromatic rings. The lowest BCUT2D eigenvalue weighted by atomic mass is 9.95. The topological polar surface area (TPSA) is 56.1 Å². The van der Waals surface area contributed by atoms with Crippen molar-refractivity contribution in [1.82, 2.24) is 14.9 Å². The standard InChI is InChI=1S/C14H20ClN3O2/c1-20-14(19)10-2-3-11-12(15)17-13(18(11)8-10)9-4-6-16-7-5-9/h9-10,16H,2-8H2,1H3. The third-order valence-corrected chi connectivity index (χ3v) is 4.73. The molecule has 0 aliphatic carbocycles. The van der Waals surface area contributed by atoms with Crippen LogP contribution >= 0.6 is 11.6 Å². The monoisotopic (exact) mass is 297 g/mol. The van der Waals surface area contributed by atoms with Gasteiger partial charge in [0, 0.05) is 12.5 Å². The Morgan fingerprint density at radius 1 is 1.40 bits per heavy atom. The number of nitrogens with zero attached hydrogens (tertiary/aromatic N) is 2. The van der Waals surface area contributed by atoms with E-state index in [-0.39, 0.29) is 11.9 Å². The molecular weight excluding hydrogens is 278 g/mol. The number of piperidine rings is 1. The van der Waals surface area contributed by atoms with Crippen molar-refractivity contribution in [1.29, 1.82) is 0 Å². The number of rotatable bonds is 2. The fraction of sp³-hybridized carbons (Fsp3) is 0.714. The highest BCUT2D eigenvalue weighted by atomic mass is 35.5. The van der Waals surface area contributed by atoms with Crippen molar-refractivity contribution >= 4 is 17.6 Å². The van der Waals surface area contributed by atoms with Gasteiger partial charge < -0.3 is 14.6 Å². The molecule has 1 N–H and O–H groups in total. The zero-order chi connectivity index (χ0) is 14.1. The normalized spacial score (nSPS) is 23.4. The Morgan fingerprint density at radius 2 is 2.15 bits per heavy atom. The smallest absolute Gasteiger partial charge is 0.310 e. The highest BCUT2D eigenvalue weighted by molar-refractivity contribution is 6.30. The van der Waals surface area contributed by atoms with Crippen molar-refractivity contribution in [2.45, 2.75) is 38.1 Å². The molecular formula is C14H20ClN3O2. The van der Waals surface area contributed by atoms with E-state index < -0.39 is 0 Å². The van der Waals surface area contributed by atoms with E-state index in [9.17, 15) is 4.79 Å². The van der Waals surface area contributed by atoms with Gasteiger partial charge in [-0.2, -0.15) is 0 Å². The molecule has 0 spiro atoms. The first-order valence-corrected chi connectivity index (χ1v) is 7.62. The molecule has 3 heterocycles. The lowest BCUT2D eigenvalue weighted by Crippen LogP contribution is -2.31. The zero-order valence-electron chi connectivity index (χ0n) is 11.7. The number of fused-ring (bicyclic) bond motifs is 1. The van der Waals surface area contributed by atoms with E-state index >= 15 is 0 Å². The second-order valence-corrected chi connectivity index (χ2v) is 5.96. The summed E-state index contributed by atoms with van der Waals surface area (Å²) in [5, 5.41) is 3.98. The molecule has 3 rings (SSSR count). The van der Waals surface area contributed by atoms with E-state index in [1.54, 1.807) is 0 Å². The van der Waals surface area contributed by atoms with Crippen LogP contribution in [-0.2, 0) is 22.5 Å². The largest absolute Gasteiger partial charge is 0.469 e. The number of methoxy groups -OCH3 is 1. The number of halogens is 1. The van der Waals surface area contributed by atoms with Crippen LogP contribution < -0.4 is 5.32 Å². The summed E-state index contributed by atoms with van der Waals surface area (Å²) in [6, 6.07) is 0. The number of carbonyl (C=O) groups excluding carboxylic acids is 1. The van der Waals surface area contributed by atoms with Gasteiger partial charge in [-0.25, -0.2) is 4.98 Å². The van der Waals surface area contributed by atoms with E-state index in [1.165, 1.54) is 7.11 Å². The van der Waals surface area contributed by atoms with Gasteiger partial charge in [0.1, 0.15) is 5.82 Å². The van der Waals surface area contributed by atoms with E-state index in [0.29, 0.717) is 17.6 Å². The molecule has 0 radical (unpaired) electrons. The molecule has 1 atom stereocenters. The van der Waals surface area contributed by atoms with E-state index in [0.717, 1.165) is 50.3 Å². The maximum Gasteiger partial charge on any atom is 0.310 e. The van der Waals surface area contributed by atoms with Crippen molar-refractivity contribution < 1.29 is 9.53 Å². The van der Waals surface area contributed by atoms with Gasteiger partial charge >= 0.3 is 5.97 Å². The number of hydrogen-bond acceptors (Lipinski definition) is 4. The van der Waals surface area contributed by atoms with Crippen LogP contribution in [0.3, 0.4) is 0 Å². The minimum Gasteiger partial charge on any atom is -0.469 e. The summed E-state index contributed by atoms with van der Waals surface area (Å²) in [5.41, 5.74) is 1.08. The molecule has 2 aliphatic heterocycles. The minimum absolute atomic E-state index is 0.0711. The Labute approximate surface area is 123 Å². The van der Waals surface area contributed by atoms with Crippen molar-refractivity contribution in [3.05, 3.63) is 16.7 Å². The number of nitrogens with one attached hydrogen (secondary N) is 1. The van der Waals surface area contributed by atoms with Crippen LogP contribution in [0.1, 0.15) is 36.7 Å². The van der Waals surface area contributed by atoms with Crippen LogP contribution in [-0.4, -0.2) is 35.7 Å². The highest BCUT2D eigenvalue weighted by Crippen LogP contribution is 2.33. The van der Waals surface area contributed by atoms with Gasteiger partial charge in [-0.15, -0.1) is 0 Å². The Hall–Kier alpha value is -1.07. The summed E-state index contributed by atoms with van der Waals surface area (Å²) in [6.07, 6.45) is 3.76. The number of ether oxygens (including phenoxy) is 1. The SMILES string of the molecule is COC(=O)C1CCc2c(Cl)nc(C3CCNCC3)n2C1. The molecule has 6 heteroatoms. The maximum atomic E-state index is 11.8. The first kappa shape index (κ1) is 13.9. The molecule has 0 saturated carbocycles. The summed E-state index contributed by atoms with van der Waals surface area (Å²) >= 11 is 6.28. The molecule has 20 heavy (non-hydrogen) atoms. The fourth-order valence-corrected chi connectivity index (χ4v) is 3.57. The quantitative estimate of drug-likeness (QED) is 0.845. The highest BCUT2D eigenvalue weighted by Gasteiger charge is 2.31. The molecule has 0 aromatic carbocycles. The third kappa shape index (κ3) is 2.44. The van der Waals surface area contributed by atoms with E-state index in [1.807, 2.05) is 0 Å². The predicted octanol–water partition coefficient (Wildman–Crippen LogP) is 1.74. The van der Waals surface area contributed by atoms with Gasteiger partial charge in [-0.3, -0.25) is 4.79 Å². The molecule has 110 valence electrons. The summed E-state index contributed by atoms with van der Waals surface area (Å²) in [6.45, 7) is 2.69. The van der Waals surface area contributed by atoms with Gasteiger partial charge in [0.15, 0.2) is 5.15 Å². The molecule has 1 saturated heterocycles. The minimum atomic E-state index is -0.128. The Kier molecular flexibility index (Phi) is 3.98. The van der Waals surface area contributed by atoms with Crippen molar-refractivity contribution in [3.8, 4) is 0 Å². The van der Waals surface area contributed by atoms with Crippen LogP contribution in [0.5, 0.6) is 0 Å². The molecule has 2 aliphatic rings. The molecule has 1 fully saturated rings. The number of esters is 1. The Bertz CT molecular complexity index is 509.